The zero-order valence-corrected chi connectivity index (χ0v) is 20.3. The molecular formula is C26H30FN3O5. The van der Waals surface area contributed by atoms with Gasteiger partial charge in [-0.25, -0.2) is 4.39 Å². The lowest BCUT2D eigenvalue weighted by atomic mass is 9.97. The Morgan fingerprint density at radius 1 is 1.20 bits per heavy atom. The zero-order valence-electron chi connectivity index (χ0n) is 20.3. The normalized spacial score (nSPS) is 17.6. The molecule has 2 aromatic rings. The maximum absolute atomic E-state index is 14.1. The molecule has 1 aromatic carbocycles. The van der Waals surface area contributed by atoms with Crippen molar-refractivity contribution in [3.63, 3.8) is 0 Å². The fourth-order valence-corrected chi connectivity index (χ4v) is 4.47. The van der Waals surface area contributed by atoms with Crippen molar-refractivity contribution < 1.29 is 23.5 Å². The summed E-state index contributed by atoms with van der Waals surface area (Å²) in [4.78, 5) is 40.5. The summed E-state index contributed by atoms with van der Waals surface area (Å²) >= 11 is 0. The first-order chi connectivity index (χ1) is 16.8. The van der Waals surface area contributed by atoms with Gasteiger partial charge in [0.1, 0.15) is 23.2 Å². The molecule has 0 bridgehead atoms. The number of hydrogen-bond acceptors (Lipinski definition) is 6. The molecule has 1 fully saturated rings. The first-order valence-corrected chi connectivity index (χ1v) is 11.7. The highest BCUT2D eigenvalue weighted by molar-refractivity contribution is 6.10. The predicted octanol–water partition coefficient (Wildman–Crippen LogP) is 3.29. The Hall–Kier alpha value is -3.51. The highest BCUT2D eigenvalue weighted by Gasteiger charge is 2.29. The Morgan fingerprint density at radius 2 is 1.91 bits per heavy atom. The summed E-state index contributed by atoms with van der Waals surface area (Å²) in [6.45, 7) is 4.34. The van der Waals surface area contributed by atoms with Crippen molar-refractivity contribution in [2.45, 2.75) is 58.2 Å². The minimum Gasteiger partial charge on any atom is -0.483 e. The van der Waals surface area contributed by atoms with Gasteiger partial charge in [0.2, 0.25) is 0 Å². The number of aromatic nitrogens is 1. The average molecular weight is 484 g/mol. The van der Waals surface area contributed by atoms with Crippen molar-refractivity contribution in [3.8, 4) is 11.8 Å². The molecule has 0 radical (unpaired) electrons. The number of rotatable bonds is 9. The molecule has 186 valence electrons. The van der Waals surface area contributed by atoms with Gasteiger partial charge in [0, 0.05) is 44.1 Å². The molecule has 35 heavy (non-hydrogen) atoms. The number of nitrogens with zero attached hydrogens (tertiary/aromatic N) is 3. The topological polar surface area (TPSA) is 102 Å². The minimum absolute atomic E-state index is 0.0404. The molecule has 1 aliphatic rings. The Labute approximate surface area is 203 Å². The van der Waals surface area contributed by atoms with E-state index in [1.807, 2.05) is 19.9 Å². The maximum atomic E-state index is 14.1. The summed E-state index contributed by atoms with van der Waals surface area (Å²) in [7, 11) is 1.53. The second-order valence-corrected chi connectivity index (χ2v) is 8.79. The van der Waals surface area contributed by atoms with E-state index in [1.165, 1.54) is 30.0 Å². The molecule has 2 heterocycles. The molecule has 1 amide bonds. The van der Waals surface area contributed by atoms with Crippen molar-refractivity contribution >= 4 is 11.7 Å². The molecule has 1 aromatic heterocycles. The fraction of sp³-hybridized carbons (Fsp3) is 0.462. The zero-order chi connectivity index (χ0) is 25.5. The van der Waals surface area contributed by atoms with Gasteiger partial charge in [-0.1, -0.05) is 0 Å². The Kier molecular flexibility index (Phi) is 8.77. The first kappa shape index (κ1) is 26.1. The number of methoxy groups -OCH3 is 1. The van der Waals surface area contributed by atoms with Gasteiger partial charge in [-0.2, -0.15) is 5.26 Å². The lowest BCUT2D eigenvalue weighted by molar-refractivity contribution is -0.139. The van der Waals surface area contributed by atoms with Crippen LogP contribution in [0.15, 0.2) is 35.3 Å². The summed E-state index contributed by atoms with van der Waals surface area (Å²) in [6.07, 6.45) is 4.73. The summed E-state index contributed by atoms with van der Waals surface area (Å²) in [5, 5.41) is 9.38. The number of ether oxygens (including phenoxy) is 2. The summed E-state index contributed by atoms with van der Waals surface area (Å²) < 4.78 is 26.1. The second kappa shape index (κ2) is 11.8. The average Bonchev–Trinajstić information content (AvgIpc) is 2.83. The molecule has 2 unspecified atom stereocenters. The quantitative estimate of drug-likeness (QED) is 0.401. The number of amides is 1. The second-order valence-electron chi connectivity index (χ2n) is 8.79. The number of hydrogen-bond donors (Lipinski definition) is 0. The van der Waals surface area contributed by atoms with Crippen LogP contribution in [0.2, 0.25) is 0 Å². The molecule has 1 aliphatic heterocycles. The predicted molar refractivity (Wildman–Crippen MR) is 127 cm³/mol. The van der Waals surface area contributed by atoms with E-state index in [0.29, 0.717) is 13.0 Å². The van der Waals surface area contributed by atoms with Gasteiger partial charge >= 0.3 is 0 Å². The number of piperidine rings is 1. The number of aryl methyl sites for hydroxylation is 1. The lowest BCUT2D eigenvalue weighted by Gasteiger charge is -2.39. The first-order valence-electron chi connectivity index (χ1n) is 11.7. The van der Waals surface area contributed by atoms with E-state index >= 15 is 0 Å². The number of likely N-dealkylation sites (tertiary alicyclic amines) is 1. The SMILES string of the molecule is COCCCn1cc(C(=O)c2cc(F)ccc2OCC(=O)N2C(C)CCCC2C)cc(C#N)c1=O. The van der Waals surface area contributed by atoms with Gasteiger partial charge in [-0.3, -0.25) is 14.4 Å². The smallest absolute Gasteiger partial charge is 0.268 e. The monoisotopic (exact) mass is 483 g/mol. The van der Waals surface area contributed by atoms with E-state index in [0.717, 1.165) is 31.4 Å². The van der Waals surface area contributed by atoms with Crippen molar-refractivity contribution in [2.75, 3.05) is 20.3 Å². The van der Waals surface area contributed by atoms with E-state index in [4.69, 9.17) is 9.47 Å². The lowest BCUT2D eigenvalue weighted by Crippen LogP contribution is -2.49. The third-order valence-electron chi connectivity index (χ3n) is 6.24. The summed E-state index contributed by atoms with van der Waals surface area (Å²) in [5.74, 6) is -1.42. The van der Waals surface area contributed by atoms with E-state index < -0.39 is 17.2 Å². The molecule has 1 saturated heterocycles. The van der Waals surface area contributed by atoms with Crippen LogP contribution in [-0.2, 0) is 16.1 Å². The van der Waals surface area contributed by atoms with Crippen molar-refractivity contribution in [1.29, 1.82) is 5.26 Å². The van der Waals surface area contributed by atoms with E-state index in [-0.39, 0.29) is 53.6 Å². The van der Waals surface area contributed by atoms with Gasteiger partial charge in [-0.15, -0.1) is 0 Å². The highest BCUT2D eigenvalue weighted by atomic mass is 19.1. The van der Waals surface area contributed by atoms with Gasteiger partial charge < -0.3 is 18.9 Å². The van der Waals surface area contributed by atoms with Crippen LogP contribution in [0.25, 0.3) is 0 Å². The molecular weight excluding hydrogens is 453 g/mol. The molecule has 0 saturated carbocycles. The molecule has 9 heteroatoms. The molecule has 2 atom stereocenters. The van der Waals surface area contributed by atoms with Crippen LogP contribution in [0.4, 0.5) is 4.39 Å². The van der Waals surface area contributed by atoms with Crippen LogP contribution in [-0.4, -0.2) is 53.6 Å². The molecule has 8 nitrogen and oxygen atoms in total. The maximum Gasteiger partial charge on any atom is 0.268 e. The summed E-state index contributed by atoms with van der Waals surface area (Å²) in [5.41, 5.74) is -0.774. The number of carbonyl (C=O) groups excluding carboxylic acids is 2. The van der Waals surface area contributed by atoms with Crippen LogP contribution < -0.4 is 10.3 Å². The Balaban J connectivity index is 1.87. The Bertz CT molecular complexity index is 1180. The molecule has 0 aliphatic carbocycles. The van der Waals surface area contributed by atoms with Gasteiger partial charge in [0.25, 0.3) is 11.5 Å². The number of halogens is 1. The van der Waals surface area contributed by atoms with Gasteiger partial charge in [0.15, 0.2) is 12.4 Å². The van der Waals surface area contributed by atoms with E-state index in [1.54, 1.807) is 4.90 Å². The Morgan fingerprint density at radius 3 is 2.57 bits per heavy atom. The van der Waals surface area contributed by atoms with Gasteiger partial charge in [-0.05, 0) is 63.8 Å². The molecule has 0 spiro atoms. The number of ketones is 1. The number of nitriles is 1. The number of pyridine rings is 1. The van der Waals surface area contributed by atoms with Crippen LogP contribution in [0.5, 0.6) is 5.75 Å². The third-order valence-corrected chi connectivity index (χ3v) is 6.24. The minimum atomic E-state index is -0.653. The van der Waals surface area contributed by atoms with Crippen LogP contribution in [0.1, 0.15) is 61.0 Å². The number of benzene rings is 1. The van der Waals surface area contributed by atoms with Crippen LogP contribution >= 0.6 is 0 Å². The van der Waals surface area contributed by atoms with E-state index in [2.05, 4.69) is 0 Å². The summed E-state index contributed by atoms with van der Waals surface area (Å²) in [6, 6.07) is 6.66. The standard InChI is InChI=1S/C26H30FN3O5/c1-17-6-4-7-18(2)30(17)24(31)16-35-23-9-8-21(27)13-22(23)25(32)20-12-19(14-28)26(33)29(15-20)10-5-11-34-3/h8-9,12-13,15,17-18H,4-7,10-11,16H2,1-3H3. The highest BCUT2D eigenvalue weighted by Crippen LogP contribution is 2.25. The fourth-order valence-electron chi connectivity index (χ4n) is 4.47. The van der Waals surface area contributed by atoms with Crippen molar-refractivity contribution in [1.82, 2.24) is 9.47 Å². The van der Waals surface area contributed by atoms with Crippen molar-refractivity contribution in [3.05, 3.63) is 63.3 Å². The van der Waals surface area contributed by atoms with Crippen LogP contribution in [0.3, 0.4) is 0 Å². The van der Waals surface area contributed by atoms with Gasteiger partial charge in [0.05, 0.1) is 5.56 Å². The largest absolute Gasteiger partial charge is 0.483 e. The number of carbonyl (C=O) groups is 2. The third kappa shape index (κ3) is 6.14. The molecule has 0 N–H and O–H groups in total. The van der Waals surface area contributed by atoms with Crippen molar-refractivity contribution in [2.24, 2.45) is 0 Å². The van der Waals surface area contributed by atoms with Crippen LogP contribution in [0, 0.1) is 17.1 Å². The molecule has 3 rings (SSSR count). The van der Waals surface area contributed by atoms with E-state index in [9.17, 15) is 24.0 Å².